The van der Waals surface area contributed by atoms with Gasteiger partial charge in [-0.05, 0) is 37.6 Å². The molecule has 1 amide bonds. The average Bonchev–Trinajstić information content (AvgIpc) is 3.07. The maximum atomic E-state index is 11.9. The summed E-state index contributed by atoms with van der Waals surface area (Å²) >= 11 is 0. The zero-order valence-corrected chi connectivity index (χ0v) is 10.7. The third-order valence-electron chi connectivity index (χ3n) is 3.95. The minimum absolute atomic E-state index is 0.142. The smallest absolute Gasteiger partial charge is 0.220 e. The van der Waals surface area contributed by atoms with Crippen LogP contribution in [0.1, 0.15) is 39.0 Å². The van der Waals surface area contributed by atoms with E-state index in [4.69, 9.17) is 10.5 Å². The van der Waals surface area contributed by atoms with E-state index in [0.717, 1.165) is 19.4 Å². The maximum Gasteiger partial charge on any atom is 0.220 e. The van der Waals surface area contributed by atoms with Crippen molar-refractivity contribution in [3.05, 3.63) is 0 Å². The van der Waals surface area contributed by atoms with Gasteiger partial charge >= 0.3 is 0 Å². The number of carbonyl (C=O) groups excluding carboxylic acids is 1. The van der Waals surface area contributed by atoms with Crippen LogP contribution in [-0.2, 0) is 9.53 Å². The number of rotatable bonds is 6. The van der Waals surface area contributed by atoms with Gasteiger partial charge < -0.3 is 15.8 Å². The molecular weight excluding hydrogens is 216 g/mol. The van der Waals surface area contributed by atoms with Crippen LogP contribution in [0.25, 0.3) is 0 Å². The van der Waals surface area contributed by atoms with Crippen molar-refractivity contribution in [2.45, 2.75) is 51.2 Å². The Kier molecular flexibility index (Phi) is 4.40. The fourth-order valence-electron chi connectivity index (χ4n) is 2.58. The van der Waals surface area contributed by atoms with Gasteiger partial charge in [-0.2, -0.15) is 0 Å². The summed E-state index contributed by atoms with van der Waals surface area (Å²) in [7, 11) is 0. The third kappa shape index (κ3) is 3.42. The van der Waals surface area contributed by atoms with Gasteiger partial charge in [0.25, 0.3) is 0 Å². The Morgan fingerprint density at radius 1 is 1.47 bits per heavy atom. The number of nitrogens with two attached hydrogens (primary N) is 1. The van der Waals surface area contributed by atoms with Gasteiger partial charge in [-0.1, -0.05) is 13.3 Å². The molecule has 3 N–H and O–H groups in total. The average molecular weight is 240 g/mol. The highest BCUT2D eigenvalue weighted by Gasteiger charge is 2.41. The molecule has 2 rings (SSSR count). The van der Waals surface area contributed by atoms with Crippen LogP contribution >= 0.6 is 0 Å². The van der Waals surface area contributed by atoms with Crippen LogP contribution in [0.5, 0.6) is 0 Å². The van der Waals surface area contributed by atoms with Crippen LogP contribution < -0.4 is 11.1 Å². The van der Waals surface area contributed by atoms with Crippen molar-refractivity contribution >= 4 is 5.91 Å². The minimum atomic E-state index is 0.142. The fraction of sp³-hybridized carbons (Fsp3) is 0.923. The number of amides is 1. The largest absolute Gasteiger partial charge is 0.376 e. The Hall–Kier alpha value is -0.610. The summed E-state index contributed by atoms with van der Waals surface area (Å²) in [5.74, 6) is 1.15. The number of ether oxygens (including phenoxy) is 1. The van der Waals surface area contributed by atoms with Gasteiger partial charge in [-0.3, -0.25) is 4.79 Å². The SMILES string of the molecule is CCC(CN)CC(=O)NC1CCOC1C1CC1. The number of carbonyl (C=O) groups is 1. The van der Waals surface area contributed by atoms with Gasteiger partial charge in [0.2, 0.25) is 5.91 Å². The molecule has 1 heterocycles. The molecule has 0 aromatic heterocycles. The Morgan fingerprint density at radius 2 is 2.24 bits per heavy atom. The van der Waals surface area contributed by atoms with Gasteiger partial charge in [0.05, 0.1) is 12.1 Å². The van der Waals surface area contributed by atoms with E-state index in [1.165, 1.54) is 12.8 Å². The van der Waals surface area contributed by atoms with Crippen LogP contribution in [0, 0.1) is 11.8 Å². The van der Waals surface area contributed by atoms with Crippen LogP contribution in [-0.4, -0.2) is 31.2 Å². The summed E-state index contributed by atoms with van der Waals surface area (Å²) in [6.07, 6.45) is 5.29. The van der Waals surface area contributed by atoms with Gasteiger partial charge in [0, 0.05) is 13.0 Å². The van der Waals surface area contributed by atoms with Crippen molar-refractivity contribution in [2.24, 2.45) is 17.6 Å². The molecule has 98 valence electrons. The second kappa shape index (κ2) is 5.83. The summed E-state index contributed by atoms with van der Waals surface area (Å²) in [5, 5.41) is 3.13. The Labute approximate surface area is 103 Å². The van der Waals surface area contributed by atoms with Crippen molar-refractivity contribution in [1.29, 1.82) is 0 Å². The van der Waals surface area contributed by atoms with E-state index in [1.54, 1.807) is 0 Å². The number of nitrogens with one attached hydrogen (secondary N) is 1. The van der Waals surface area contributed by atoms with E-state index >= 15 is 0 Å². The van der Waals surface area contributed by atoms with E-state index in [9.17, 15) is 4.79 Å². The molecule has 1 aliphatic carbocycles. The topological polar surface area (TPSA) is 64.4 Å². The normalized spacial score (nSPS) is 30.2. The minimum Gasteiger partial charge on any atom is -0.376 e. The van der Waals surface area contributed by atoms with Crippen molar-refractivity contribution in [3.63, 3.8) is 0 Å². The van der Waals surface area contributed by atoms with E-state index in [0.29, 0.717) is 24.8 Å². The molecule has 4 nitrogen and oxygen atoms in total. The predicted octanol–water partition coefficient (Wildman–Crippen LogP) is 1.05. The van der Waals surface area contributed by atoms with Crippen LogP contribution in [0.2, 0.25) is 0 Å². The lowest BCUT2D eigenvalue weighted by Crippen LogP contribution is -2.42. The molecule has 0 spiro atoms. The summed E-state index contributed by atoms with van der Waals surface area (Å²) in [4.78, 5) is 11.9. The van der Waals surface area contributed by atoms with Crippen molar-refractivity contribution < 1.29 is 9.53 Å². The summed E-state index contributed by atoms with van der Waals surface area (Å²) in [5.41, 5.74) is 5.62. The standard InChI is InChI=1S/C13H24N2O2/c1-2-9(8-14)7-12(16)15-11-5-6-17-13(11)10-3-4-10/h9-11,13H,2-8,14H2,1H3,(H,15,16). The van der Waals surface area contributed by atoms with Gasteiger partial charge in [-0.25, -0.2) is 0 Å². The molecule has 3 unspecified atom stereocenters. The van der Waals surface area contributed by atoms with Crippen molar-refractivity contribution in [3.8, 4) is 0 Å². The lowest BCUT2D eigenvalue weighted by molar-refractivity contribution is -0.123. The molecule has 4 heteroatoms. The zero-order valence-electron chi connectivity index (χ0n) is 10.7. The summed E-state index contributed by atoms with van der Waals surface area (Å²) in [6.45, 7) is 3.47. The Morgan fingerprint density at radius 3 is 2.82 bits per heavy atom. The summed E-state index contributed by atoms with van der Waals surface area (Å²) < 4.78 is 5.71. The Bertz CT molecular complexity index is 262. The zero-order chi connectivity index (χ0) is 12.3. The molecule has 2 fully saturated rings. The fourth-order valence-corrected chi connectivity index (χ4v) is 2.58. The van der Waals surface area contributed by atoms with Crippen molar-refractivity contribution in [2.75, 3.05) is 13.2 Å². The van der Waals surface area contributed by atoms with Crippen LogP contribution in [0.4, 0.5) is 0 Å². The predicted molar refractivity (Wildman–Crippen MR) is 66.5 cm³/mol. The Balaban J connectivity index is 1.77. The van der Waals surface area contributed by atoms with E-state index in [1.807, 2.05) is 0 Å². The molecule has 0 radical (unpaired) electrons. The van der Waals surface area contributed by atoms with Crippen LogP contribution in [0.15, 0.2) is 0 Å². The second-order valence-corrected chi connectivity index (χ2v) is 5.35. The molecule has 17 heavy (non-hydrogen) atoms. The lowest BCUT2D eigenvalue weighted by Gasteiger charge is -2.20. The van der Waals surface area contributed by atoms with E-state index in [2.05, 4.69) is 12.2 Å². The maximum absolute atomic E-state index is 11.9. The van der Waals surface area contributed by atoms with Gasteiger partial charge in [-0.15, -0.1) is 0 Å². The molecular formula is C13H24N2O2. The molecule has 3 atom stereocenters. The highest BCUT2D eigenvalue weighted by Crippen LogP contribution is 2.38. The highest BCUT2D eigenvalue weighted by atomic mass is 16.5. The first kappa shape index (κ1) is 12.8. The molecule has 0 aromatic rings. The molecule has 2 aliphatic rings. The van der Waals surface area contributed by atoms with Crippen molar-refractivity contribution in [1.82, 2.24) is 5.32 Å². The first-order chi connectivity index (χ1) is 8.24. The third-order valence-corrected chi connectivity index (χ3v) is 3.95. The van der Waals surface area contributed by atoms with E-state index < -0.39 is 0 Å². The first-order valence-corrected chi connectivity index (χ1v) is 6.85. The molecule has 0 aromatic carbocycles. The first-order valence-electron chi connectivity index (χ1n) is 6.85. The molecule has 0 bridgehead atoms. The quantitative estimate of drug-likeness (QED) is 0.729. The molecule has 1 saturated heterocycles. The van der Waals surface area contributed by atoms with Gasteiger partial charge in [0.1, 0.15) is 0 Å². The van der Waals surface area contributed by atoms with E-state index in [-0.39, 0.29) is 18.1 Å². The monoisotopic (exact) mass is 240 g/mol. The highest BCUT2D eigenvalue weighted by molar-refractivity contribution is 5.76. The number of hydrogen-bond acceptors (Lipinski definition) is 3. The van der Waals surface area contributed by atoms with Crippen LogP contribution in [0.3, 0.4) is 0 Å². The number of hydrogen-bond donors (Lipinski definition) is 2. The molecule has 1 saturated carbocycles. The second-order valence-electron chi connectivity index (χ2n) is 5.35. The van der Waals surface area contributed by atoms with Gasteiger partial charge in [0.15, 0.2) is 0 Å². The molecule has 1 aliphatic heterocycles. The lowest BCUT2D eigenvalue weighted by atomic mass is 10.0. The summed E-state index contributed by atoms with van der Waals surface area (Å²) in [6, 6.07) is 0.241.